The van der Waals surface area contributed by atoms with Crippen LogP contribution in [0.2, 0.25) is 0 Å². The number of aliphatic carboxylic acids is 1. The minimum absolute atomic E-state index is 0.0114. The Morgan fingerprint density at radius 1 is 1.05 bits per heavy atom. The highest BCUT2D eigenvalue weighted by molar-refractivity contribution is 5.87. The van der Waals surface area contributed by atoms with Crippen molar-refractivity contribution in [1.82, 2.24) is 4.90 Å². The van der Waals surface area contributed by atoms with Crippen molar-refractivity contribution in [2.45, 2.75) is 72.8 Å². The Bertz CT molecular complexity index is 387. The fraction of sp³-hybridized carbons (Fsp3) is 0.882. The van der Waals surface area contributed by atoms with E-state index in [0.29, 0.717) is 17.9 Å². The van der Waals surface area contributed by atoms with Gasteiger partial charge in [-0.25, -0.2) is 4.79 Å². The Kier molecular flexibility index (Phi) is 5.46. The predicted octanol–water partition coefficient (Wildman–Crippen LogP) is 3.55. The first-order valence-electron chi connectivity index (χ1n) is 8.06. The van der Waals surface area contributed by atoms with Gasteiger partial charge >= 0.3 is 5.97 Å². The standard InChI is InChI=1S/C17H31NO3/c1-7-18(17(5,6)15(20)21)14(19)12-8-10-13(11-9-12)16(2,3)4/h12-13H,7-11H2,1-6H3,(H,20,21). The molecule has 0 atom stereocenters. The Labute approximate surface area is 128 Å². The van der Waals surface area contributed by atoms with Crippen molar-refractivity contribution in [3.8, 4) is 0 Å². The second-order valence-corrected chi connectivity index (χ2v) is 7.86. The van der Waals surface area contributed by atoms with Gasteiger partial charge < -0.3 is 10.0 Å². The van der Waals surface area contributed by atoms with Gasteiger partial charge in [0.1, 0.15) is 5.54 Å². The van der Waals surface area contributed by atoms with Gasteiger partial charge in [0.25, 0.3) is 0 Å². The summed E-state index contributed by atoms with van der Waals surface area (Å²) in [5.41, 5.74) is -0.842. The Balaban J connectivity index is 2.74. The monoisotopic (exact) mass is 297 g/mol. The fourth-order valence-electron chi connectivity index (χ4n) is 3.37. The van der Waals surface area contributed by atoms with Crippen molar-refractivity contribution < 1.29 is 14.7 Å². The number of hydrogen-bond donors (Lipinski definition) is 1. The van der Waals surface area contributed by atoms with E-state index in [1.54, 1.807) is 13.8 Å². The SMILES string of the molecule is CCN(C(=O)C1CCC(C(C)(C)C)CC1)C(C)(C)C(=O)O. The summed E-state index contributed by atoms with van der Waals surface area (Å²) in [4.78, 5) is 25.6. The van der Waals surface area contributed by atoms with E-state index in [1.807, 2.05) is 6.92 Å². The van der Waals surface area contributed by atoms with Crippen molar-refractivity contribution in [1.29, 1.82) is 0 Å². The number of hydrogen-bond acceptors (Lipinski definition) is 2. The number of carbonyl (C=O) groups excluding carboxylic acids is 1. The fourth-order valence-corrected chi connectivity index (χ4v) is 3.37. The number of amides is 1. The lowest BCUT2D eigenvalue weighted by atomic mass is 9.69. The van der Waals surface area contributed by atoms with Crippen LogP contribution in [0.5, 0.6) is 0 Å². The summed E-state index contributed by atoms with van der Waals surface area (Å²) in [5, 5.41) is 9.34. The van der Waals surface area contributed by atoms with Gasteiger partial charge in [-0.3, -0.25) is 4.79 Å². The van der Waals surface area contributed by atoms with Crippen molar-refractivity contribution >= 4 is 11.9 Å². The largest absolute Gasteiger partial charge is 0.480 e. The third-order valence-corrected chi connectivity index (χ3v) is 5.08. The van der Waals surface area contributed by atoms with Crippen LogP contribution in [0, 0.1) is 17.3 Å². The molecule has 1 aliphatic carbocycles. The highest BCUT2D eigenvalue weighted by Crippen LogP contribution is 2.40. The summed E-state index contributed by atoms with van der Waals surface area (Å²) in [7, 11) is 0. The molecule has 1 N–H and O–H groups in total. The van der Waals surface area contributed by atoms with E-state index >= 15 is 0 Å². The van der Waals surface area contributed by atoms with Crippen LogP contribution in [0.4, 0.5) is 0 Å². The van der Waals surface area contributed by atoms with Gasteiger partial charge in [0, 0.05) is 12.5 Å². The minimum Gasteiger partial charge on any atom is -0.480 e. The third kappa shape index (κ3) is 3.98. The van der Waals surface area contributed by atoms with E-state index in [0.717, 1.165) is 25.7 Å². The first-order chi connectivity index (χ1) is 9.51. The smallest absolute Gasteiger partial charge is 0.329 e. The van der Waals surface area contributed by atoms with Crippen LogP contribution in [0.1, 0.15) is 67.2 Å². The first-order valence-corrected chi connectivity index (χ1v) is 8.06. The maximum Gasteiger partial charge on any atom is 0.329 e. The van der Waals surface area contributed by atoms with Crippen LogP contribution in [0.25, 0.3) is 0 Å². The lowest BCUT2D eigenvalue weighted by molar-refractivity contribution is -0.159. The maximum atomic E-state index is 12.7. The molecule has 1 fully saturated rings. The predicted molar refractivity (Wildman–Crippen MR) is 84.0 cm³/mol. The number of carbonyl (C=O) groups is 2. The summed E-state index contributed by atoms with van der Waals surface area (Å²) < 4.78 is 0. The Hall–Kier alpha value is -1.06. The van der Waals surface area contributed by atoms with Gasteiger partial charge in [0.2, 0.25) is 5.91 Å². The molecule has 4 nitrogen and oxygen atoms in total. The molecule has 4 heteroatoms. The maximum absolute atomic E-state index is 12.7. The highest BCUT2D eigenvalue weighted by atomic mass is 16.4. The topological polar surface area (TPSA) is 57.6 Å². The number of likely N-dealkylation sites (N-methyl/N-ethyl adjacent to an activating group) is 1. The van der Waals surface area contributed by atoms with E-state index in [1.165, 1.54) is 4.90 Å². The summed E-state index contributed by atoms with van der Waals surface area (Å²) in [5.74, 6) is -0.287. The molecule has 1 rings (SSSR count). The molecule has 0 unspecified atom stereocenters. The molecule has 0 bridgehead atoms. The van der Waals surface area contributed by atoms with Crippen LogP contribution in [-0.4, -0.2) is 34.0 Å². The normalized spacial score (nSPS) is 23.7. The molecule has 21 heavy (non-hydrogen) atoms. The van der Waals surface area contributed by atoms with Crippen LogP contribution in [0.3, 0.4) is 0 Å². The number of rotatable bonds is 4. The van der Waals surface area contributed by atoms with Gasteiger partial charge in [-0.15, -0.1) is 0 Å². The van der Waals surface area contributed by atoms with E-state index in [2.05, 4.69) is 20.8 Å². The van der Waals surface area contributed by atoms with Gasteiger partial charge in [-0.1, -0.05) is 20.8 Å². The Morgan fingerprint density at radius 2 is 1.52 bits per heavy atom. The van der Waals surface area contributed by atoms with Crippen LogP contribution < -0.4 is 0 Å². The molecule has 0 aromatic rings. The molecular weight excluding hydrogens is 266 g/mol. The molecule has 0 aliphatic heterocycles. The number of carboxylic acids is 1. The molecule has 0 heterocycles. The molecule has 0 aromatic carbocycles. The zero-order valence-electron chi connectivity index (χ0n) is 14.4. The van der Waals surface area contributed by atoms with Crippen LogP contribution in [-0.2, 0) is 9.59 Å². The first kappa shape index (κ1) is 18.0. The molecule has 1 amide bonds. The van der Waals surface area contributed by atoms with Crippen molar-refractivity contribution in [2.24, 2.45) is 17.3 Å². The minimum atomic E-state index is -1.13. The third-order valence-electron chi connectivity index (χ3n) is 5.08. The lowest BCUT2D eigenvalue weighted by Gasteiger charge is -2.40. The summed E-state index contributed by atoms with van der Waals surface area (Å²) in [6.07, 6.45) is 3.88. The second-order valence-electron chi connectivity index (χ2n) is 7.86. The average molecular weight is 297 g/mol. The second kappa shape index (κ2) is 6.37. The van der Waals surface area contributed by atoms with Gasteiger partial charge in [-0.05, 0) is 57.8 Å². The lowest BCUT2D eigenvalue weighted by Crippen LogP contribution is -2.55. The zero-order chi connectivity index (χ0) is 16.4. The summed E-state index contributed by atoms with van der Waals surface area (Å²) in [6.45, 7) is 12.3. The van der Waals surface area contributed by atoms with Crippen LogP contribution in [0.15, 0.2) is 0 Å². The summed E-state index contributed by atoms with van der Waals surface area (Å²) >= 11 is 0. The van der Waals surface area contributed by atoms with Crippen molar-refractivity contribution in [3.63, 3.8) is 0 Å². The van der Waals surface area contributed by atoms with Gasteiger partial charge in [-0.2, -0.15) is 0 Å². The molecule has 0 saturated heterocycles. The van der Waals surface area contributed by atoms with Gasteiger partial charge in [0.15, 0.2) is 0 Å². The molecule has 122 valence electrons. The van der Waals surface area contributed by atoms with E-state index in [9.17, 15) is 14.7 Å². The summed E-state index contributed by atoms with van der Waals surface area (Å²) in [6, 6.07) is 0. The zero-order valence-corrected chi connectivity index (χ0v) is 14.4. The quantitative estimate of drug-likeness (QED) is 0.863. The van der Waals surface area contributed by atoms with E-state index in [-0.39, 0.29) is 11.8 Å². The average Bonchev–Trinajstić information content (AvgIpc) is 2.38. The molecule has 0 spiro atoms. The molecule has 0 radical (unpaired) electrons. The molecule has 1 saturated carbocycles. The van der Waals surface area contributed by atoms with E-state index in [4.69, 9.17) is 0 Å². The number of carboxylic acid groups (broad SMARTS) is 1. The van der Waals surface area contributed by atoms with Gasteiger partial charge in [0.05, 0.1) is 0 Å². The molecular formula is C17H31NO3. The van der Waals surface area contributed by atoms with Crippen molar-refractivity contribution in [2.75, 3.05) is 6.54 Å². The molecule has 0 aromatic heterocycles. The molecule has 1 aliphatic rings. The van der Waals surface area contributed by atoms with Crippen LogP contribution >= 0.6 is 0 Å². The van der Waals surface area contributed by atoms with Crippen molar-refractivity contribution in [3.05, 3.63) is 0 Å². The van der Waals surface area contributed by atoms with E-state index < -0.39 is 11.5 Å². The highest BCUT2D eigenvalue weighted by Gasteiger charge is 2.41. The Morgan fingerprint density at radius 3 is 1.86 bits per heavy atom. The number of nitrogens with zero attached hydrogens (tertiary/aromatic N) is 1.